The number of aromatic hydroxyl groups is 1. The van der Waals surface area contributed by atoms with Gasteiger partial charge in [-0.1, -0.05) is 23.8 Å². The van der Waals surface area contributed by atoms with Gasteiger partial charge in [-0.2, -0.15) is 5.06 Å². The van der Waals surface area contributed by atoms with Crippen LogP contribution in [0.3, 0.4) is 0 Å². The number of amides is 4. The van der Waals surface area contributed by atoms with Crippen molar-refractivity contribution in [1.29, 1.82) is 0 Å². The van der Waals surface area contributed by atoms with E-state index in [1.807, 2.05) is 0 Å². The predicted molar refractivity (Wildman–Crippen MR) is 151 cm³/mol. The molecule has 0 bridgehead atoms. The van der Waals surface area contributed by atoms with Crippen LogP contribution in [0.15, 0.2) is 54.1 Å². The third-order valence-electron chi connectivity index (χ3n) is 8.91. The smallest absolute Gasteiger partial charge is 0.258 e. The largest absolute Gasteiger partial charge is 0.502 e. The highest BCUT2D eigenvalue weighted by Crippen LogP contribution is 2.63. The summed E-state index contributed by atoms with van der Waals surface area (Å²) in [4.78, 5) is 50.6. The van der Waals surface area contributed by atoms with Crippen molar-refractivity contribution < 1.29 is 43.4 Å². The van der Waals surface area contributed by atoms with E-state index < -0.39 is 62.9 Å². The lowest BCUT2D eigenvalue weighted by Gasteiger charge is -2.49. The summed E-state index contributed by atoms with van der Waals surface area (Å²) in [5, 5.41) is 20.6. The summed E-state index contributed by atoms with van der Waals surface area (Å²) in [7, 11) is 2.73. The van der Waals surface area contributed by atoms with Crippen LogP contribution < -0.4 is 14.4 Å². The molecule has 224 valence electrons. The first-order valence-corrected chi connectivity index (χ1v) is 14.1. The summed E-state index contributed by atoms with van der Waals surface area (Å²) >= 11 is 14.4. The first-order valence-electron chi connectivity index (χ1n) is 13.3. The summed E-state index contributed by atoms with van der Waals surface area (Å²) in [6.45, 7) is 0. The Kier molecular flexibility index (Phi) is 6.83. The number of halogens is 3. The lowest BCUT2D eigenvalue weighted by molar-refractivity contribution is -0.173. The number of hydroxylamine groups is 2. The number of carbonyl (C=O) groups is 4. The standard InChI is InChI=1S/C30H25Cl2FN2O8/c1-42-21-11-14(12-22(43-2)24(21)36)3-10-20-17-8-9-18-23(26(38)35(41)25(18)37)19(17)13-29(31)27(39)34(28(40)30(20,29)32)16-6-4-15(33)5-7-16/h3-8,10-12,18-20,23,36,41H,9,13H2,1-2H3/t18-,19+,20-,23-,29+,30-/m0/s1. The van der Waals surface area contributed by atoms with Crippen molar-refractivity contribution in [2.75, 3.05) is 19.1 Å². The molecule has 2 aromatic rings. The fraction of sp³-hybridized carbons (Fsp3) is 0.333. The minimum absolute atomic E-state index is 0.0602. The monoisotopic (exact) mass is 630 g/mol. The highest BCUT2D eigenvalue weighted by molar-refractivity contribution is 6.57. The number of allylic oxidation sites excluding steroid dienone is 3. The van der Waals surface area contributed by atoms with E-state index in [0.29, 0.717) is 11.1 Å². The van der Waals surface area contributed by atoms with Crippen LogP contribution >= 0.6 is 23.2 Å². The topological polar surface area (TPSA) is 134 Å². The molecule has 2 N–H and O–H groups in total. The minimum Gasteiger partial charge on any atom is -0.502 e. The third kappa shape index (κ3) is 3.94. The molecule has 6 atom stereocenters. The SMILES string of the molecule is COc1cc(C=C[C@H]2C3=CC[C@@H]4C(=O)N(O)C(=O)[C@@H]4[C@@H]3C[C@@]3(Cl)C(=O)N(c4ccc(F)cc4)C(=O)[C@@]23Cl)cc(OC)c1O. The zero-order chi connectivity index (χ0) is 31.0. The maximum Gasteiger partial charge on any atom is 0.258 e. The van der Waals surface area contributed by atoms with E-state index in [2.05, 4.69) is 0 Å². The zero-order valence-corrected chi connectivity index (χ0v) is 24.3. The first kappa shape index (κ1) is 29.2. The maximum atomic E-state index is 14.2. The molecular formula is C30H25Cl2FN2O8. The molecule has 0 spiro atoms. The van der Waals surface area contributed by atoms with Gasteiger partial charge in [0, 0.05) is 5.92 Å². The number of hydrogen-bond donors (Lipinski definition) is 2. The fourth-order valence-corrected chi connectivity index (χ4v) is 7.74. The molecule has 4 amide bonds. The summed E-state index contributed by atoms with van der Waals surface area (Å²) in [6, 6.07) is 7.73. The second kappa shape index (κ2) is 10.1. The molecular weight excluding hydrogens is 606 g/mol. The number of hydrogen-bond acceptors (Lipinski definition) is 8. The molecule has 2 aromatic carbocycles. The van der Waals surface area contributed by atoms with Crippen molar-refractivity contribution in [3.05, 3.63) is 65.5 Å². The van der Waals surface area contributed by atoms with Gasteiger partial charge in [-0.25, -0.2) is 9.29 Å². The van der Waals surface area contributed by atoms with Gasteiger partial charge in [-0.15, -0.1) is 23.2 Å². The number of carbonyl (C=O) groups excluding carboxylic acids is 4. The average molecular weight is 631 g/mol. The highest BCUT2D eigenvalue weighted by atomic mass is 35.5. The van der Waals surface area contributed by atoms with Crippen LogP contribution in [0.1, 0.15) is 18.4 Å². The molecule has 10 nitrogen and oxygen atoms in total. The molecule has 2 heterocycles. The Labute approximate surface area is 254 Å². The number of phenolic OH excluding ortho intramolecular Hbond substituents is 1. The van der Waals surface area contributed by atoms with Crippen molar-refractivity contribution >= 4 is 58.6 Å². The minimum atomic E-state index is -2.10. The Balaban J connectivity index is 1.52. The number of rotatable bonds is 5. The number of phenols is 1. The van der Waals surface area contributed by atoms with Gasteiger partial charge in [-0.05, 0) is 60.7 Å². The van der Waals surface area contributed by atoms with E-state index in [1.54, 1.807) is 18.2 Å². The normalized spacial score (nSPS) is 31.7. The molecule has 2 aliphatic carbocycles. The van der Waals surface area contributed by atoms with Crippen LogP contribution in [0, 0.1) is 29.5 Å². The third-order valence-corrected chi connectivity index (χ3v) is 10.3. The summed E-state index contributed by atoms with van der Waals surface area (Å²) in [5.74, 6) is -7.64. The average Bonchev–Trinajstić information content (AvgIpc) is 3.30. The van der Waals surface area contributed by atoms with Crippen molar-refractivity contribution in [3.63, 3.8) is 0 Å². The van der Waals surface area contributed by atoms with E-state index >= 15 is 0 Å². The number of anilines is 1. The Morgan fingerprint density at radius 3 is 2.21 bits per heavy atom. The summed E-state index contributed by atoms with van der Waals surface area (Å²) in [5.41, 5.74) is 1.05. The fourth-order valence-electron chi connectivity index (χ4n) is 6.85. The van der Waals surface area contributed by atoms with Crippen molar-refractivity contribution in [2.24, 2.45) is 23.7 Å². The van der Waals surface area contributed by atoms with Gasteiger partial charge >= 0.3 is 0 Å². The van der Waals surface area contributed by atoms with E-state index in [-0.39, 0.29) is 40.8 Å². The Morgan fingerprint density at radius 2 is 1.60 bits per heavy atom. The lowest BCUT2D eigenvalue weighted by atomic mass is 9.57. The summed E-state index contributed by atoms with van der Waals surface area (Å²) < 4.78 is 24.2. The second-order valence-corrected chi connectivity index (χ2v) is 12.2. The number of nitrogens with zero attached hydrogens (tertiary/aromatic N) is 2. The zero-order valence-electron chi connectivity index (χ0n) is 22.8. The number of fused-ring (bicyclic) bond motifs is 4. The van der Waals surface area contributed by atoms with E-state index in [0.717, 1.165) is 17.0 Å². The van der Waals surface area contributed by atoms with Crippen LogP contribution in [0.4, 0.5) is 10.1 Å². The van der Waals surface area contributed by atoms with Crippen molar-refractivity contribution in [1.82, 2.24) is 5.06 Å². The molecule has 4 aliphatic rings. The van der Waals surface area contributed by atoms with Crippen molar-refractivity contribution in [2.45, 2.75) is 22.6 Å². The van der Waals surface area contributed by atoms with Gasteiger partial charge in [-0.3, -0.25) is 24.4 Å². The van der Waals surface area contributed by atoms with Gasteiger partial charge in [0.15, 0.2) is 21.2 Å². The van der Waals surface area contributed by atoms with E-state index in [9.17, 15) is 33.9 Å². The lowest BCUT2D eigenvalue weighted by Crippen LogP contribution is -2.60. The summed E-state index contributed by atoms with van der Waals surface area (Å²) in [6.07, 6.45) is 4.69. The van der Waals surface area contributed by atoms with Gasteiger partial charge in [0.25, 0.3) is 23.6 Å². The first-order chi connectivity index (χ1) is 20.4. The van der Waals surface area contributed by atoms with Crippen LogP contribution in [-0.4, -0.2) is 63.0 Å². The van der Waals surface area contributed by atoms with Crippen LogP contribution in [0.5, 0.6) is 17.2 Å². The Hall–Kier alpha value is -3.93. The molecule has 0 radical (unpaired) electrons. The Morgan fingerprint density at radius 1 is 0.977 bits per heavy atom. The molecule has 1 saturated carbocycles. The van der Waals surface area contributed by atoms with Gasteiger partial charge in [0.2, 0.25) is 5.75 Å². The molecule has 2 aliphatic heterocycles. The molecule has 0 aromatic heterocycles. The number of benzene rings is 2. The molecule has 2 saturated heterocycles. The predicted octanol–water partition coefficient (Wildman–Crippen LogP) is 4.05. The molecule has 0 unspecified atom stereocenters. The number of imide groups is 2. The van der Waals surface area contributed by atoms with E-state index in [4.69, 9.17) is 32.7 Å². The van der Waals surface area contributed by atoms with Crippen LogP contribution in [0.25, 0.3) is 6.08 Å². The van der Waals surface area contributed by atoms with Crippen LogP contribution in [0.2, 0.25) is 0 Å². The quantitative estimate of drug-likeness (QED) is 0.219. The molecule has 43 heavy (non-hydrogen) atoms. The molecule has 6 rings (SSSR count). The van der Waals surface area contributed by atoms with Gasteiger partial charge in [0.1, 0.15) is 5.82 Å². The number of alkyl halides is 2. The van der Waals surface area contributed by atoms with E-state index in [1.165, 1.54) is 38.5 Å². The molecule has 13 heteroatoms. The second-order valence-electron chi connectivity index (χ2n) is 10.9. The van der Waals surface area contributed by atoms with Gasteiger partial charge < -0.3 is 14.6 Å². The van der Waals surface area contributed by atoms with Gasteiger partial charge in [0.05, 0.1) is 31.7 Å². The highest BCUT2D eigenvalue weighted by Gasteiger charge is 2.76. The number of ether oxygens (including phenoxy) is 2. The number of methoxy groups -OCH3 is 2. The maximum absolute atomic E-state index is 14.2. The molecule has 3 fully saturated rings. The van der Waals surface area contributed by atoms with Crippen LogP contribution in [-0.2, 0) is 19.2 Å². The Bertz CT molecular complexity index is 1620. The van der Waals surface area contributed by atoms with Crippen molar-refractivity contribution in [3.8, 4) is 17.2 Å².